The number of piperazine rings is 1. The predicted molar refractivity (Wildman–Crippen MR) is 76.1 cm³/mol. The van der Waals surface area contributed by atoms with Crippen LogP contribution in [0.2, 0.25) is 0 Å². The lowest BCUT2D eigenvalue weighted by Crippen LogP contribution is -2.52. The fourth-order valence-electron chi connectivity index (χ4n) is 2.45. The third-order valence-electron chi connectivity index (χ3n) is 3.48. The zero-order chi connectivity index (χ0) is 14.0. The van der Waals surface area contributed by atoms with E-state index in [2.05, 4.69) is 5.32 Å². The van der Waals surface area contributed by atoms with Gasteiger partial charge in [0.2, 0.25) is 5.91 Å². The summed E-state index contributed by atoms with van der Waals surface area (Å²) < 4.78 is 27.4. The van der Waals surface area contributed by atoms with Gasteiger partial charge in [-0.05, 0) is 26.0 Å². The van der Waals surface area contributed by atoms with Gasteiger partial charge in [-0.3, -0.25) is 4.79 Å². The van der Waals surface area contributed by atoms with Crippen LogP contribution in [0.5, 0.6) is 0 Å². The summed E-state index contributed by atoms with van der Waals surface area (Å²) in [6.45, 7) is 5.38. The number of carbonyl (C=O) groups is 1. The maximum atomic E-state index is 13.7. The quantitative estimate of drug-likeness (QED) is 0.909. The van der Waals surface area contributed by atoms with Gasteiger partial charge in [0.1, 0.15) is 11.6 Å². The average Bonchev–Trinajstić information content (AvgIpc) is 2.37. The molecule has 1 amide bonds. The molecule has 1 unspecified atom stereocenters. The SMILES string of the molecule is CC(C(=O)N1CCN[C@H](C)C1)c1c(F)cccc1F.Cl. The highest BCUT2D eigenvalue weighted by Gasteiger charge is 2.28. The number of carbonyl (C=O) groups excluding carboxylic acids is 1. The molecule has 6 heteroatoms. The molecule has 2 atom stereocenters. The maximum absolute atomic E-state index is 13.7. The summed E-state index contributed by atoms with van der Waals surface area (Å²) in [5.74, 6) is -2.35. The summed E-state index contributed by atoms with van der Waals surface area (Å²) in [4.78, 5) is 14.0. The molecule has 0 saturated carbocycles. The van der Waals surface area contributed by atoms with Gasteiger partial charge in [-0.25, -0.2) is 8.78 Å². The van der Waals surface area contributed by atoms with E-state index in [1.165, 1.54) is 18.2 Å². The van der Waals surface area contributed by atoms with Crippen LogP contribution >= 0.6 is 12.4 Å². The maximum Gasteiger partial charge on any atom is 0.230 e. The molecule has 112 valence electrons. The molecule has 1 aromatic rings. The first-order chi connectivity index (χ1) is 9.00. The van der Waals surface area contributed by atoms with Crippen molar-refractivity contribution < 1.29 is 13.6 Å². The number of hydrogen-bond donors (Lipinski definition) is 1. The van der Waals surface area contributed by atoms with Crippen molar-refractivity contribution in [1.82, 2.24) is 10.2 Å². The molecular formula is C14H19ClF2N2O. The summed E-state index contributed by atoms with van der Waals surface area (Å²) in [7, 11) is 0. The monoisotopic (exact) mass is 304 g/mol. The van der Waals surface area contributed by atoms with Crippen LogP contribution in [0.3, 0.4) is 0 Å². The van der Waals surface area contributed by atoms with Crippen molar-refractivity contribution in [3.8, 4) is 0 Å². The number of nitrogens with zero attached hydrogens (tertiary/aromatic N) is 1. The van der Waals surface area contributed by atoms with Gasteiger partial charge in [-0.2, -0.15) is 0 Å². The van der Waals surface area contributed by atoms with Gasteiger partial charge in [-0.1, -0.05) is 6.07 Å². The van der Waals surface area contributed by atoms with Crippen molar-refractivity contribution in [3.63, 3.8) is 0 Å². The number of rotatable bonds is 2. The number of hydrogen-bond acceptors (Lipinski definition) is 2. The Morgan fingerprint density at radius 1 is 1.40 bits per heavy atom. The summed E-state index contributed by atoms with van der Waals surface area (Å²) >= 11 is 0. The molecule has 0 spiro atoms. The number of nitrogens with one attached hydrogen (secondary N) is 1. The van der Waals surface area contributed by atoms with Crippen LogP contribution in [0.25, 0.3) is 0 Å². The van der Waals surface area contributed by atoms with Crippen molar-refractivity contribution in [2.45, 2.75) is 25.8 Å². The fraction of sp³-hybridized carbons (Fsp3) is 0.500. The fourth-order valence-corrected chi connectivity index (χ4v) is 2.45. The lowest BCUT2D eigenvalue weighted by atomic mass is 9.97. The van der Waals surface area contributed by atoms with Crippen LogP contribution in [0.1, 0.15) is 25.3 Å². The van der Waals surface area contributed by atoms with Gasteiger partial charge in [-0.15, -0.1) is 12.4 Å². The third kappa shape index (κ3) is 3.46. The van der Waals surface area contributed by atoms with Crippen LogP contribution in [0, 0.1) is 11.6 Å². The van der Waals surface area contributed by atoms with Crippen LogP contribution in [0.15, 0.2) is 18.2 Å². The Labute approximate surface area is 123 Å². The smallest absolute Gasteiger partial charge is 0.230 e. The Hall–Kier alpha value is -1.20. The van der Waals surface area contributed by atoms with Crippen molar-refractivity contribution in [3.05, 3.63) is 35.4 Å². The average molecular weight is 305 g/mol. The highest BCUT2D eigenvalue weighted by Crippen LogP contribution is 2.24. The van der Waals surface area contributed by atoms with Crippen LogP contribution in [-0.2, 0) is 4.79 Å². The van der Waals surface area contributed by atoms with Crippen molar-refractivity contribution in [1.29, 1.82) is 0 Å². The van der Waals surface area contributed by atoms with E-state index in [9.17, 15) is 13.6 Å². The molecule has 2 rings (SSSR count). The first-order valence-corrected chi connectivity index (χ1v) is 6.46. The molecule has 20 heavy (non-hydrogen) atoms. The number of amides is 1. The van der Waals surface area contributed by atoms with E-state index >= 15 is 0 Å². The molecule has 1 aliphatic heterocycles. The van der Waals surface area contributed by atoms with E-state index in [0.29, 0.717) is 19.6 Å². The molecule has 1 aliphatic rings. The molecule has 3 nitrogen and oxygen atoms in total. The summed E-state index contributed by atoms with van der Waals surface area (Å²) in [6, 6.07) is 3.87. The van der Waals surface area contributed by atoms with Crippen LogP contribution in [-0.4, -0.2) is 36.5 Å². The van der Waals surface area contributed by atoms with E-state index < -0.39 is 17.6 Å². The van der Waals surface area contributed by atoms with Gasteiger partial charge >= 0.3 is 0 Å². The number of halogens is 3. The zero-order valence-electron chi connectivity index (χ0n) is 11.5. The molecule has 1 saturated heterocycles. The lowest BCUT2D eigenvalue weighted by Gasteiger charge is -2.33. The molecule has 1 aromatic carbocycles. The van der Waals surface area contributed by atoms with Crippen LogP contribution < -0.4 is 5.32 Å². The summed E-state index contributed by atoms with van der Waals surface area (Å²) in [5, 5.41) is 3.23. The van der Waals surface area contributed by atoms with E-state index in [1.54, 1.807) is 11.8 Å². The van der Waals surface area contributed by atoms with Gasteiger partial charge in [0.25, 0.3) is 0 Å². The van der Waals surface area contributed by atoms with E-state index in [-0.39, 0.29) is 29.9 Å². The highest BCUT2D eigenvalue weighted by atomic mass is 35.5. The minimum atomic E-state index is -0.800. The van der Waals surface area contributed by atoms with Crippen molar-refractivity contribution >= 4 is 18.3 Å². The lowest BCUT2D eigenvalue weighted by molar-refractivity contribution is -0.133. The molecule has 1 heterocycles. The minimum absolute atomic E-state index is 0. The zero-order valence-corrected chi connectivity index (χ0v) is 12.3. The summed E-state index contributed by atoms with van der Waals surface area (Å²) in [5.41, 5.74) is -0.140. The second-order valence-electron chi connectivity index (χ2n) is 5.00. The van der Waals surface area contributed by atoms with E-state index in [0.717, 1.165) is 0 Å². The molecule has 0 aliphatic carbocycles. The van der Waals surface area contributed by atoms with Crippen molar-refractivity contribution in [2.75, 3.05) is 19.6 Å². The molecule has 1 fully saturated rings. The second-order valence-corrected chi connectivity index (χ2v) is 5.00. The topological polar surface area (TPSA) is 32.3 Å². The Bertz CT molecular complexity index is 464. The Morgan fingerprint density at radius 2 is 2.00 bits per heavy atom. The standard InChI is InChI=1S/C14H18F2N2O.ClH/c1-9-8-18(7-6-17-9)14(19)10(2)13-11(15)4-3-5-12(13)16;/h3-5,9-10,17H,6-8H2,1-2H3;1H/t9-,10?;/m1./s1. The van der Waals surface area contributed by atoms with Crippen molar-refractivity contribution in [2.24, 2.45) is 0 Å². The molecule has 0 bridgehead atoms. The second kappa shape index (κ2) is 6.99. The largest absolute Gasteiger partial charge is 0.339 e. The molecule has 0 radical (unpaired) electrons. The Balaban J connectivity index is 0.00000200. The third-order valence-corrected chi connectivity index (χ3v) is 3.48. The highest BCUT2D eigenvalue weighted by molar-refractivity contribution is 5.85. The van der Waals surface area contributed by atoms with Gasteiger partial charge in [0, 0.05) is 31.2 Å². The van der Waals surface area contributed by atoms with E-state index in [1.807, 2.05) is 6.92 Å². The normalized spacial score (nSPS) is 20.2. The predicted octanol–water partition coefficient (Wildman–Crippen LogP) is 2.31. The Kier molecular flexibility index (Phi) is 5.89. The van der Waals surface area contributed by atoms with Gasteiger partial charge < -0.3 is 10.2 Å². The molecular weight excluding hydrogens is 286 g/mol. The first kappa shape index (κ1) is 16.9. The first-order valence-electron chi connectivity index (χ1n) is 6.46. The van der Waals surface area contributed by atoms with Gasteiger partial charge in [0.05, 0.1) is 5.92 Å². The Morgan fingerprint density at radius 3 is 2.55 bits per heavy atom. The van der Waals surface area contributed by atoms with Gasteiger partial charge in [0.15, 0.2) is 0 Å². The summed E-state index contributed by atoms with van der Waals surface area (Å²) in [6.07, 6.45) is 0. The molecule has 0 aromatic heterocycles. The minimum Gasteiger partial charge on any atom is -0.339 e. The number of benzene rings is 1. The molecule has 1 N–H and O–H groups in total. The van der Waals surface area contributed by atoms with Crippen LogP contribution in [0.4, 0.5) is 8.78 Å². The van der Waals surface area contributed by atoms with E-state index in [4.69, 9.17) is 0 Å².